The van der Waals surface area contributed by atoms with Crippen LogP contribution in [0.3, 0.4) is 0 Å². The maximum absolute atomic E-state index is 14.1. The molecular weight excluding hydrogens is 775 g/mol. The number of hydrogen-bond donors (Lipinski definition) is 0. The van der Waals surface area contributed by atoms with Crippen molar-refractivity contribution in [1.82, 2.24) is 4.90 Å². The first-order valence-electron chi connectivity index (χ1n) is 22.7. The number of nitrogens with zero attached hydrogens (tertiary/aromatic N) is 1. The number of esters is 4. The van der Waals surface area contributed by atoms with Gasteiger partial charge < -0.3 is 33.2 Å². The second-order valence-electron chi connectivity index (χ2n) is 20.1. The van der Waals surface area contributed by atoms with Crippen LogP contribution in [0.4, 0.5) is 4.79 Å². The van der Waals surface area contributed by atoms with Crippen molar-refractivity contribution in [3.8, 4) is 0 Å². The van der Waals surface area contributed by atoms with E-state index in [1.807, 2.05) is 0 Å². The minimum absolute atomic E-state index is 0.113. The van der Waals surface area contributed by atoms with E-state index in [-0.39, 0.29) is 11.8 Å². The highest BCUT2D eigenvalue weighted by Crippen LogP contribution is 2.68. The van der Waals surface area contributed by atoms with Gasteiger partial charge in [-0.25, -0.2) is 14.5 Å². The van der Waals surface area contributed by atoms with Crippen LogP contribution in [0.15, 0.2) is 0 Å². The monoisotopic (exact) mass is 845 g/mol. The number of carbonyl (C=O) groups excluding carboxylic acids is 6. The summed E-state index contributed by atoms with van der Waals surface area (Å²) in [5.41, 5.74) is 0.502. The number of imide groups is 1. The van der Waals surface area contributed by atoms with Gasteiger partial charge in [-0.3, -0.25) is 19.2 Å². The summed E-state index contributed by atoms with van der Waals surface area (Å²) in [4.78, 5) is 78.2. The molecule has 4 saturated carbocycles. The zero-order valence-corrected chi connectivity index (χ0v) is 37.7. The Balaban J connectivity index is 1.25. The van der Waals surface area contributed by atoms with Crippen LogP contribution >= 0.6 is 0 Å². The van der Waals surface area contributed by atoms with E-state index in [1.165, 1.54) is 65.4 Å². The molecule has 0 N–H and O–H groups in total. The fourth-order valence-corrected chi connectivity index (χ4v) is 13.5. The summed E-state index contributed by atoms with van der Waals surface area (Å²) in [5.74, 6) is -1.39. The van der Waals surface area contributed by atoms with Crippen molar-refractivity contribution in [3.63, 3.8) is 0 Å². The molecule has 4 aliphatic carbocycles. The molecule has 15 atom stereocenters. The predicted octanol–water partition coefficient (Wildman–Crippen LogP) is 7.31. The summed E-state index contributed by atoms with van der Waals surface area (Å²) >= 11 is 0. The van der Waals surface area contributed by atoms with Crippen molar-refractivity contribution < 1.29 is 61.9 Å². The minimum Gasteiger partial charge on any atom is -0.465 e. The molecule has 0 radical (unpaired) electrons. The Morgan fingerprint density at radius 1 is 0.833 bits per heavy atom. The first-order valence-corrected chi connectivity index (χ1v) is 22.7. The third-order valence-electron chi connectivity index (χ3n) is 16.0. The largest absolute Gasteiger partial charge is 0.465 e. The number of ether oxygens (including phenoxy) is 7. The molecule has 6 fully saturated rings. The molecule has 2 heterocycles. The Kier molecular flexibility index (Phi) is 14.0. The number of fused-ring (bicyclic) bond motifs is 6. The fraction of sp³-hybridized carbons (Fsp3) is 0.870. The second-order valence-corrected chi connectivity index (χ2v) is 20.1. The van der Waals surface area contributed by atoms with Crippen LogP contribution in [0.1, 0.15) is 146 Å². The Morgan fingerprint density at radius 3 is 2.15 bits per heavy atom. The number of methoxy groups -OCH3 is 1. The number of hydrogen-bond acceptors (Lipinski definition) is 13. The molecule has 14 heteroatoms. The van der Waals surface area contributed by atoms with E-state index in [0.717, 1.165) is 62.2 Å². The van der Waals surface area contributed by atoms with E-state index in [9.17, 15) is 28.8 Å². The molecule has 60 heavy (non-hydrogen) atoms. The molecule has 6 rings (SSSR count). The van der Waals surface area contributed by atoms with Gasteiger partial charge in [0.2, 0.25) is 5.91 Å². The molecule has 338 valence electrons. The Bertz CT molecular complexity index is 1630. The zero-order valence-electron chi connectivity index (χ0n) is 37.7. The lowest BCUT2D eigenvalue weighted by Gasteiger charge is -2.61. The molecule has 2 amide bonds. The first kappa shape index (κ1) is 46.2. The molecule has 2 aliphatic heterocycles. The third-order valence-corrected chi connectivity index (χ3v) is 16.0. The lowest BCUT2D eigenvalue weighted by atomic mass is 9.44. The molecule has 0 unspecified atom stereocenters. The van der Waals surface area contributed by atoms with Crippen molar-refractivity contribution in [3.05, 3.63) is 0 Å². The van der Waals surface area contributed by atoms with Crippen molar-refractivity contribution in [2.45, 2.75) is 188 Å². The number of amides is 2. The van der Waals surface area contributed by atoms with E-state index >= 15 is 0 Å². The predicted molar refractivity (Wildman–Crippen MR) is 216 cm³/mol. The highest BCUT2D eigenvalue weighted by Gasteiger charge is 2.66. The molecule has 6 aliphatic rings. The van der Waals surface area contributed by atoms with Gasteiger partial charge in [0.25, 0.3) is 5.79 Å². The minimum atomic E-state index is -2.17. The summed E-state index contributed by atoms with van der Waals surface area (Å²) in [6, 6.07) is -1.24. The second kappa shape index (κ2) is 18.2. The standard InChI is InChI=1S/C46H71NO13/c1-25(2)12-11-13-26(3)34-16-17-35-33-15-14-31-22-32(18-20-44(31,8)36(33)19-21-45(34,35)9)59-46(42(52)54-10)23-37-39(47(27(4)48)43(53)58-37)41(60-46)40(57-30(7)51)38(56-29(6)50)24-55-28(5)49/h25-26,31-41H,11-24H2,1-10H3/t26-,31+,32+,33+,34-,35+,36+,37+,38-,39-,40-,41-,44+,45-,46-/m1/s1. The van der Waals surface area contributed by atoms with Crippen LogP contribution < -0.4 is 0 Å². The highest BCUT2D eigenvalue weighted by atomic mass is 16.8. The molecule has 2 saturated heterocycles. The van der Waals surface area contributed by atoms with E-state index in [0.29, 0.717) is 36.0 Å². The van der Waals surface area contributed by atoms with E-state index < -0.39 is 84.8 Å². The van der Waals surface area contributed by atoms with E-state index in [4.69, 9.17) is 33.2 Å². The molecule has 0 bridgehead atoms. The van der Waals surface area contributed by atoms with Gasteiger partial charge in [-0.1, -0.05) is 53.9 Å². The summed E-state index contributed by atoms with van der Waals surface area (Å²) in [5, 5.41) is 0. The Morgan fingerprint density at radius 2 is 1.52 bits per heavy atom. The lowest BCUT2D eigenvalue weighted by Crippen LogP contribution is -2.67. The van der Waals surface area contributed by atoms with Crippen molar-refractivity contribution >= 4 is 35.9 Å². The number of rotatable bonds is 14. The van der Waals surface area contributed by atoms with Gasteiger partial charge in [-0.2, -0.15) is 0 Å². The Hall–Kier alpha value is -3.26. The third kappa shape index (κ3) is 8.97. The van der Waals surface area contributed by atoms with E-state index in [2.05, 4.69) is 34.6 Å². The smallest absolute Gasteiger partial charge is 0.417 e. The van der Waals surface area contributed by atoms with Crippen LogP contribution in [-0.4, -0.2) is 96.8 Å². The van der Waals surface area contributed by atoms with Gasteiger partial charge in [0.05, 0.1) is 19.6 Å². The molecule has 14 nitrogen and oxygen atoms in total. The molecular formula is C46H71NO13. The van der Waals surface area contributed by atoms with Gasteiger partial charge in [0.15, 0.2) is 12.2 Å². The molecule has 0 aromatic carbocycles. The normalized spacial score (nSPS) is 38.5. The van der Waals surface area contributed by atoms with Gasteiger partial charge >= 0.3 is 30.0 Å². The summed E-state index contributed by atoms with van der Waals surface area (Å²) in [6.45, 7) is 16.3. The van der Waals surface area contributed by atoms with Crippen molar-refractivity contribution in [1.29, 1.82) is 0 Å². The SMILES string of the molecule is COC(=O)[C@@]1(O[C@H]2CC[C@@]3(C)[C@@H](CC[C@@H]4[C@@H]3CC[C@]3(C)[C@@H]([C@H](C)CCCC(C)C)CC[C@@H]43)C2)C[C@@H]2OC(=O)N(C(C)=O)[C@H]2[C@H]([C@H](OC(C)=O)[C@@H](COC(C)=O)OC(C)=O)O1. The van der Waals surface area contributed by atoms with Gasteiger partial charge in [-0.05, 0) is 110 Å². The fourth-order valence-electron chi connectivity index (χ4n) is 13.5. The Labute approximate surface area is 356 Å². The van der Waals surface area contributed by atoms with Crippen molar-refractivity contribution in [2.75, 3.05) is 13.7 Å². The summed E-state index contributed by atoms with van der Waals surface area (Å²) < 4.78 is 41.0. The van der Waals surface area contributed by atoms with Crippen LogP contribution in [0.25, 0.3) is 0 Å². The average molecular weight is 846 g/mol. The van der Waals surface area contributed by atoms with Crippen LogP contribution in [0.2, 0.25) is 0 Å². The summed E-state index contributed by atoms with van der Waals surface area (Å²) in [7, 11) is 1.20. The van der Waals surface area contributed by atoms with Gasteiger partial charge in [-0.15, -0.1) is 0 Å². The van der Waals surface area contributed by atoms with Crippen LogP contribution in [-0.2, 0) is 57.1 Å². The van der Waals surface area contributed by atoms with Crippen LogP contribution in [0, 0.1) is 52.3 Å². The van der Waals surface area contributed by atoms with E-state index in [1.54, 1.807) is 0 Å². The molecule has 0 aromatic rings. The molecule has 0 spiro atoms. The quantitative estimate of drug-likeness (QED) is 0.0970. The first-order chi connectivity index (χ1) is 28.2. The zero-order chi connectivity index (χ0) is 43.9. The summed E-state index contributed by atoms with van der Waals surface area (Å²) in [6.07, 6.45) is 6.09. The van der Waals surface area contributed by atoms with Gasteiger partial charge in [0, 0.05) is 27.7 Å². The lowest BCUT2D eigenvalue weighted by molar-refractivity contribution is -0.328. The highest BCUT2D eigenvalue weighted by molar-refractivity contribution is 5.93. The topological polar surface area (TPSA) is 170 Å². The maximum Gasteiger partial charge on any atom is 0.417 e. The molecule has 0 aromatic heterocycles. The van der Waals surface area contributed by atoms with Crippen LogP contribution in [0.5, 0.6) is 0 Å². The van der Waals surface area contributed by atoms with Crippen molar-refractivity contribution in [2.24, 2.45) is 52.3 Å². The average Bonchev–Trinajstić information content (AvgIpc) is 3.70. The maximum atomic E-state index is 14.1. The van der Waals surface area contributed by atoms with Gasteiger partial charge in [0.1, 0.15) is 24.9 Å². The number of carbonyl (C=O) groups is 6.